The number of nitriles is 1. The van der Waals surface area contributed by atoms with Crippen LogP contribution < -0.4 is 0 Å². The number of likely N-dealkylation sites (N-methyl/N-ethyl adjacent to an activating group) is 1. The number of sulfonamides is 1. The van der Waals surface area contributed by atoms with Gasteiger partial charge >= 0.3 is 0 Å². The number of hydrogen-bond acceptors (Lipinski definition) is 5. The predicted molar refractivity (Wildman–Crippen MR) is 95.3 cm³/mol. The molecule has 138 valence electrons. The molecule has 8 heteroatoms. The molecule has 1 aromatic carbocycles. The van der Waals surface area contributed by atoms with E-state index in [0.29, 0.717) is 5.76 Å². The quantitative estimate of drug-likeness (QED) is 0.704. The molecule has 0 spiro atoms. The van der Waals surface area contributed by atoms with Crippen molar-refractivity contribution < 1.29 is 17.6 Å². The first-order chi connectivity index (χ1) is 12.3. The SMILES string of the molecule is Cc1ccc(S(=O)(=O)N(CC(=O)N(C)CCC#N)Cc2ccco2)cc1. The van der Waals surface area contributed by atoms with E-state index in [1.165, 1.54) is 23.3 Å². The Morgan fingerprint density at radius 2 is 1.92 bits per heavy atom. The monoisotopic (exact) mass is 375 g/mol. The van der Waals surface area contributed by atoms with Gasteiger partial charge in [0.15, 0.2) is 0 Å². The Hall–Kier alpha value is -2.63. The van der Waals surface area contributed by atoms with Gasteiger partial charge in [-0.05, 0) is 31.2 Å². The van der Waals surface area contributed by atoms with Crippen molar-refractivity contribution in [3.63, 3.8) is 0 Å². The van der Waals surface area contributed by atoms with Crippen molar-refractivity contribution in [2.45, 2.75) is 24.8 Å². The summed E-state index contributed by atoms with van der Waals surface area (Å²) >= 11 is 0. The Balaban J connectivity index is 2.27. The summed E-state index contributed by atoms with van der Waals surface area (Å²) in [7, 11) is -2.34. The fourth-order valence-electron chi connectivity index (χ4n) is 2.28. The van der Waals surface area contributed by atoms with Crippen LogP contribution >= 0.6 is 0 Å². The molecule has 0 fully saturated rings. The summed E-state index contributed by atoms with van der Waals surface area (Å²) in [5, 5.41) is 8.64. The highest BCUT2D eigenvalue weighted by atomic mass is 32.2. The van der Waals surface area contributed by atoms with Crippen LogP contribution in [0.2, 0.25) is 0 Å². The summed E-state index contributed by atoms with van der Waals surface area (Å²) < 4.78 is 32.3. The molecule has 1 amide bonds. The maximum atomic E-state index is 13.0. The molecular weight excluding hydrogens is 354 g/mol. The van der Waals surface area contributed by atoms with E-state index in [9.17, 15) is 13.2 Å². The third-order valence-electron chi connectivity index (χ3n) is 3.87. The van der Waals surface area contributed by atoms with E-state index in [0.717, 1.165) is 9.87 Å². The number of carbonyl (C=O) groups excluding carboxylic acids is 1. The maximum absolute atomic E-state index is 13.0. The lowest BCUT2D eigenvalue weighted by Crippen LogP contribution is -2.41. The Morgan fingerprint density at radius 1 is 1.23 bits per heavy atom. The molecular formula is C18H21N3O4S. The van der Waals surface area contributed by atoms with Gasteiger partial charge in [0, 0.05) is 13.6 Å². The molecule has 0 aliphatic carbocycles. The number of benzene rings is 1. The van der Waals surface area contributed by atoms with Gasteiger partial charge in [-0.25, -0.2) is 8.42 Å². The molecule has 26 heavy (non-hydrogen) atoms. The summed E-state index contributed by atoms with van der Waals surface area (Å²) in [6.45, 7) is 1.72. The second kappa shape index (κ2) is 8.65. The molecule has 0 saturated heterocycles. The highest BCUT2D eigenvalue weighted by Gasteiger charge is 2.28. The van der Waals surface area contributed by atoms with Crippen molar-refractivity contribution in [3.05, 3.63) is 54.0 Å². The van der Waals surface area contributed by atoms with Gasteiger partial charge in [0.2, 0.25) is 15.9 Å². The Labute approximate surface area is 153 Å². The van der Waals surface area contributed by atoms with Gasteiger partial charge in [0.05, 0.1) is 36.7 Å². The summed E-state index contributed by atoms with van der Waals surface area (Å²) in [6.07, 6.45) is 1.64. The minimum Gasteiger partial charge on any atom is -0.468 e. The molecule has 1 aromatic heterocycles. The van der Waals surface area contributed by atoms with Gasteiger partial charge in [-0.3, -0.25) is 4.79 Å². The predicted octanol–water partition coefficient (Wildman–Crippen LogP) is 2.15. The number of amides is 1. The Morgan fingerprint density at radius 3 is 2.50 bits per heavy atom. The second-order valence-electron chi connectivity index (χ2n) is 5.89. The van der Waals surface area contributed by atoms with Crippen molar-refractivity contribution in [2.24, 2.45) is 0 Å². The van der Waals surface area contributed by atoms with E-state index >= 15 is 0 Å². The van der Waals surface area contributed by atoms with E-state index in [-0.39, 0.29) is 36.9 Å². The summed E-state index contributed by atoms with van der Waals surface area (Å²) in [4.78, 5) is 13.9. The second-order valence-corrected chi connectivity index (χ2v) is 7.83. The standard InChI is InChI=1S/C18H21N3O4S/c1-15-6-8-17(9-7-15)26(23,24)21(13-16-5-3-12-25-16)14-18(22)20(2)11-4-10-19/h3,5-9,12H,4,11,13-14H2,1-2H3. The lowest BCUT2D eigenvalue weighted by molar-refractivity contribution is -0.130. The average Bonchev–Trinajstić information content (AvgIpc) is 3.12. The van der Waals surface area contributed by atoms with Crippen LogP contribution in [0.5, 0.6) is 0 Å². The fourth-order valence-corrected chi connectivity index (χ4v) is 3.63. The summed E-state index contributed by atoms with van der Waals surface area (Å²) in [5.41, 5.74) is 0.939. The van der Waals surface area contributed by atoms with Crippen molar-refractivity contribution in [1.82, 2.24) is 9.21 Å². The van der Waals surface area contributed by atoms with Crippen LogP contribution in [0.1, 0.15) is 17.7 Å². The first-order valence-electron chi connectivity index (χ1n) is 8.04. The zero-order valence-electron chi connectivity index (χ0n) is 14.8. The van der Waals surface area contributed by atoms with Gasteiger partial charge in [-0.1, -0.05) is 17.7 Å². The zero-order chi connectivity index (χ0) is 19.2. The number of carbonyl (C=O) groups is 1. The van der Waals surface area contributed by atoms with Gasteiger partial charge in [0.25, 0.3) is 0 Å². The Kier molecular flexibility index (Phi) is 6.55. The van der Waals surface area contributed by atoms with E-state index in [1.54, 1.807) is 31.3 Å². The summed E-state index contributed by atoms with van der Waals surface area (Å²) in [6, 6.07) is 11.7. The van der Waals surface area contributed by atoms with Crippen LogP contribution in [0.3, 0.4) is 0 Å². The van der Waals surface area contributed by atoms with Crippen molar-refractivity contribution in [3.8, 4) is 6.07 Å². The smallest absolute Gasteiger partial charge is 0.243 e. The van der Waals surface area contributed by atoms with Crippen LogP contribution in [-0.4, -0.2) is 43.7 Å². The minimum atomic E-state index is -3.88. The Bertz CT molecular complexity index is 868. The molecule has 2 aromatic rings. The molecule has 0 bridgehead atoms. The molecule has 0 saturated carbocycles. The van der Waals surface area contributed by atoms with Crippen LogP contribution in [-0.2, 0) is 21.4 Å². The number of hydrogen-bond donors (Lipinski definition) is 0. The van der Waals surface area contributed by atoms with Gasteiger partial charge in [0.1, 0.15) is 5.76 Å². The highest BCUT2D eigenvalue weighted by molar-refractivity contribution is 7.89. The summed E-state index contributed by atoms with van der Waals surface area (Å²) in [5.74, 6) is 0.0515. The third-order valence-corrected chi connectivity index (χ3v) is 5.67. The zero-order valence-corrected chi connectivity index (χ0v) is 15.6. The van der Waals surface area contributed by atoms with Gasteiger partial charge in [-0.15, -0.1) is 0 Å². The largest absolute Gasteiger partial charge is 0.468 e. The minimum absolute atomic E-state index is 0.0545. The van der Waals surface area contributed by atoms with Crippen molar-refractivity contribution >= 4 is 15.9 Å². The maximum Gasteiger partial charge on any atom is 0.243 e. The molecule has 0 aliphatic heterocycles. The molecule has 0 atom stereocenters. The topological polar surface area (TPSA) is 94.6 Å². The van der Waals surface area contributed by atoms with E-state index < -0.39 is 10.0 Å². The van der Waals surface area contributed by atoms with E-state index in [4.69, 9.17) is 9.68 Å². The van der Waals surface area contributed by atoms with Crippen LogP contribution in [0, 0.1) is 18.3 Å². The molecule has 0 unspecified atom stereocenters. The number of aryl methyl sites for hydroxylation is 1. The number of furan rings is 1. The lowest BCUT2D eigenvalue weighted by Gasteiger charge is -2.24. The molecule has 0 N–H and O–H groups in total. The van der Waals surface area contributed by atoms with Crippen molar-refractivity contribution in [2.75, 3.05) is 20.1 Å². The molecule has 1 heterocycles. The normalized spacial score (nSPS) is 11.3. The third kappa shape index (κ3) is 4.94. The van der Waals surface area contributed by atoms with Crippen LogP contribution in [0.4, 0.5) is 0 Å². The van der Waals surface area contributed by atoms with E-state index in [1.807, 2.05) is 13.0 Å². The average molecular weight is 375 g/mol. The molecule has 0 radical (unpaired) electrons. The molecule has 2 rings (SSSR count). The highest BCUT2D eigenvalue weighted by Crippen LogP contribution is 2.19. The van der Waals surface area contributed by atoms with Gasteiger partial charge < -0.3 is 9.32 Å². The van der Waals surface area contributed by atoms with E-state index in [2.05, 4.69) is 0 Å². The fraction of sp³-hybridized carbons (Fsp3) is 0.333. The van der Waals surface area contributed by atoms with Crippen molar-refractivity contribution in [1.29, 1.82) is 5.26 Å². The molecule has 0 aliphatic rings. The first-order valence-corrected chi connectivity index (χ1v) is 9.48. The lowest BCUT2D eigenvalue weighted by atomic mass is 10.2. The van der Waals surface area contributed by atoms with Gasteiger partial charge in [-0.2, -0.15) is 9.57 Å². The molecule has 7 nitrogen and oxygen atoms in total. The first kappa shape index (κ1) is 19.7. The van der Waals surface area contributed by atoms with Crippen LogP contribution in [0.25, 0.3) is 0 Å². The number of nitrogens with zero attached hydrogens (tertiary/aromatic N) is 3. The van der Waals surface area contributed by atoms with Crippen LogP contribution in [0.15, 0.2) is 52.0 Å². The number of rotatable bonds is 8.